The number of aromatic nitrogens is 2. The minimum absolute atomic E-state index is 0.0733. The molecule has 2 rings (SSSR count). The number of nitrogens with one attached hydrogen (secondary N) is 1. The van der Waals surface area contributed by atoms with E-state index in [9.17, 15) is 21.6 Å². The number of sulfonamides is 2. The van der Waals surface area contributed by atoms with Crippen LogP contribution in [0, 0.1) is 0 Å². The largest absolute Gasteiger partial charge is 0.461 e. The van der Waals surface area contributed by atoms with E-state index < -0.39 is 26.0 Å². The van der Waals surface area contributed by atoms with Gasteiger partial charge in [-0.1, -0.05) is 0 Å². The molecule has 0 saturated heterocycles. The Morgan fingerprint density at radius 1 is 1.20 bits per heavy atom. The van der Waals surface area contributed by atoms with Gasteiger partial charge < -0.3 is 9.30 Å². The number of imidazole rings is 1. The summed E-state index contributed by atoms with van der Waals surface area (Å²) < 4.78 is 55.4. The Hall–Kier alpha value is -2.44. The van der Waals surface area contributed by atoms with Gasteiger partial charge >= 0.3 is 5.97 Å². The molecule has 0 radical (unpaired) electrons. The predicted molar refractivity (Wildman–Crippen MR) is 87.8 cm³/mol. The molecule has 12 heteroatoms. The fourth-order valence-corrected chi connectivity index (χ4v) is 3.44. The summed E-state index contributed by atoms with van der Waals surface area (Å²) in [5.74, 6) is -0.737. The van der Waals surface area contributed by atoms with Gasteiger partial charge in [-0.3, -0.25) is 0 Å². The van der Waals surface area contributed by atoms with Crippen molar-refractivity contribution in [3.05, 3.63) is 36.2 Å². The number of primary sulfonamides is 1. The molecule has 136 valence electrons. The Labute approximate surface area is 144 Å². The molecule has 0 aliphatic heterocycles. The maximum atomic E-state index is 12.4. The zero-order valence-corrected chi connectivity index (χ0v) is 15.0. The van der Waals surface area contributed by atoms with Crippen molar-refractivity contribution in [1.29, 1.82) is 0 Å². The topological polar surface area (TPSA) is 150 Å². The van der Waals surface area contributed by atoms with Crippen LogP contribution in [0.25, 0.3) is 0 Å². The van der Waals surface area contributed by atoms with Gasteiger partial charge in [-0.15, -0.1) is 0 Å². The predicted octanol–water partition coefficient (Wildman–Crippen LogP) is 0.0450. The van der Waals surface area contributed by atoms with Crippen molar-refractivity contribution < 1.29 is 26.4 Å². The van der Waals surface area contributed by atoms with Crippen LogP contribution in [-0.4, -0.2) is 39.0 Å². The second-order valence-electron chi connectivity index (χ2n) is 4.87. The molecule has 10 nitrogen and oxygen atoms in total. The molecule has 0 aliphatic rings. The van der Waals surface area contributed by atoms with Crippen LogP contribution in [0.1, 0.15) is 17.4 Å². The first-order chi connectivity index (χ1) is 11.6. The van der Waals surface area contributed by atoms with Crippen LogP contribution < -0.4 is 9.86 Å². The molecule has 0 bridgehead atoms. The molecule has 0 saturated carbocycles. The molecule has 2 aromatic rings. The number of ether oxygens (including phenoxy) is 1. The Morgan fingerprint density at radius 2 is 1.76 bits per heavy atom. The average molecular weight is 388 g/mol. The van der Waals surface area contributed by atoms with E-state index in [0.29, 0.717) is 0 Å². The van der Waals surface area contributed by atoms with Gasteiger partial charge in [0.1, 0.15) is 5.69 Å². The lowest BCUT2D eigenvalue weighted by Crippen LogP contribution is -2.18. The van der Waals surface area contributed by atoms with Crippen molar-refractivity contribution in [2.24, 2.45) is 12.2 Å². The van der Waals surface area contributed by atoms with Gasteiger partial charge in [-0.2, -0.15) is 0 Å². The molecule has 0 amide bonds. The molecular weight excluding hydrogens is 372 g/mol. The normalized spacial score (nSPS) is 12.0. The molecular formula is C13H16N4O6S2. The third kappa shape index (κ3) is 4.15. The number of anilines is 1. The number of carbonyl (C=O) groups excluding carboxylic acids is 1. The monoisotopic (exact) mass is 388 g/mol. The first-order valence-corrected chi connectivity index (χ1v) is 9.93. The van der Waals surface area contributed by atoms with Crippen LogP contribution in [0.4, 0.5) is 5.95 Å². The third-order valence-electron chi connectivity index (χ3n) is 3.16. The first kappa shape index (κ1) is 18.9. The van der Waals surface area contributed by atoms with E-state index in [1.807, 2.05) is 0 Å². The van der Waals surface area contributed by atoms with Gasteiger partial charge in [0.15, 0.2) is 0 Å². The number of carbonyl (C=O) groups is 1. The molecule has 3 N–H and O–H groups in total. The second-order valence-corrected chi connectivity index (χ2v) is 8.11. The summed E-state index contributed by atoms with van der Waals surface area (Å²) in [7, 11) is -6.52. The summed E-state index contributed by atoms with van der Waals surface area (Å²) >= 11 is 0. The van der Waals surface area contributed by atoms with E-state index in [1.165, 1.54) is 17.8 Å². The highest BCUT2D eigenvalue weighted by Gasteiger charge is 2.21. The van der Waals surface area contributed by atoms with E-state index in [0.717, 1.165) is 24.3 Å². The second kappa shape index (κ2) is 6.82. The number of nitrogens with zero attached hydrogens (tertiary/aromatic N) is 2. The highest BCUT2D eigenvalue weighted by Crippen LogP contribution is 2.18. The first-order valence-electron chi connectivity index (χ1n) is 6.91. The number of hydrogen-bond donors (Lipinski definition) is 2. The standard InChI is InChI=1S/C13H16N4O6S2/c1-3-23-12(18)11-8-15-13(17(11)2)16-25(21,22)10-6-4-9(5-7-10)24(14,19)20/h4-8H,3H2,1-2H3,(H,15,16)(H2,14,19,20). The molecule has 0 spiro atoms. The molecule has 1 aromatic carbocycles. The van der Waals surface area contributed by atoms with Crippen LogP contribution in [-0.2, 0) is 31.8 Å². The lowest BCUT2D eigenvalue weighted by molar-refractivity contribution is 0.0515. The molecule has 0 atom stereocenters. The Kier molecular flexibility index (Phi) is 5.15. The summed E-state index contributed by atoms with van der Waals surface area (Å²) in [6, 6.07) is 4.34. The van der Waals surface area contributed by atoms with Crippen molar-refractivity contribution in [1.82, 2.24) is 9.55 Å². The van der Waals surface area contributed by atoms with E-state index in [1.54, 1.807) is 6.92 Å². The highest BCUT2D eigenvalue weighted by molar-refractivity contribution is 7.92. The van der Waals surface area contributed by atoms with Crippen LogP contribution in [0.15, 0.2) is 40.3 Å². The summed E-state index contributed by atoms with van der Waals surface area (Å²) in [6.45, 7) is 1.81. The number of benzene rings is 1. The van der Waals surface area contributed by atoms with Crippen LogP contribution in [0.3, 0.4) is 0 Å². The van der Waals surface area contributed by atoms with Gasteiger partial charge in [0, 0.05) is 7.05 Å². The maximum Gasteiger partial charge on any atom is 0.356 e. The van der Waals surface area contributed by atoms with Crippen LogP contribution in [0.2, 0.25) is 0 Å². The third-order valence-corrected chi connectivity index (χ3v) is 5.43. The van der Waals surface area contributed by atoms with E-state index in [4.69, 9.17) is 9.88 Å². The van der Waals surface area contributed by atoms with E-state index >= 15 is 0 Å². The van der Waals surface area contributed by atoms with E-state index in [-0.39, 0.29) is 28.0 Å². The summed E-state index contributed by atoms with van der Waals surface area (Å²) in [5.41, 5.74) is 0.0733. The van der Waals surface area contributed by atoms with Gasteiger partial charge in [-0.25, -0.2) is 36.5 Å². The Morgan fingerprint density at radius 3 is 2.28 bits per heavy atom. The van der Waals surface area contributed by atoms with Gasteiger partial charge in [0.25, 0.3) is 10.0 Å². The zero-order chi connectivity index (χ0) is 18.8. The smallest absolute Gasteiger partial charge is 0.356 e. The van der Waals surface area contributed by atoms with Gasteiger partial charge in [0.05, 0.1) is 22.6 Å². The van der Waals surface area contributed by atoms with Gasteiger partial charge in [-0.05, 0) is 31.2 Å². The van der Waals surface area contributed by atoms with Crippen molar-refractivity contribution >= 4 is 32.0 Å². The van der Waals surface area contributed by atoms with Crippen molar-refractivity contribution in [2.75, 3.05) is 11.3 Å². The lowest BCUT2D eigenvalue weighted by atomic mass is 10.4. The molecule has 1 heterocycles. The number of hydrogen-bond acceptors (Lipinski definition) is 7. The highest BCUT2D eigenvalue weighted by atomic mass is 32.2. The van der Waals surface area contributed by atoms with Crippen LogP contribution >= 0.6 is 0 Å². The summed E-state index contributed by atoms with van der Waals surface area (Å²) in [6.07, 6.45) is 1.18. The molecule has 0 fully saturated rings. The maximum absolute atomic E-state index is 12.4. The average Bonchev–Trinajstić information content (AvgIpc) is 2.87. The molecule has 25 heavy (non-hydrogen) atoms. The van der Waals surface area contributed by atoms with Gasteiger partial charge in [0.2, 0.25) is 16.0 Å². The lowest BCUT2D eigenvalue weighted by Gasteiger charge is -2.09. The van der Waals surface area contributed by atoms with E-state index in [2.05, 4.69) is 9.71 Å². The SMILES string of the molecule is CCOC(=O)c1cnc(NS(=O)(=O)c2ccc(S(N)(=O)=O)cc2)n1C. The summed E-state index contributed by atoms with van der Waals surface area (Å²) in [5, 5.41) is 4.97. The van der Waals surface area contributed by atoms with Crippen molar-refractivity contribution in [3.63, 3.8) is 0 Å². The number of rotatable bonds is 6. The van der Waals surface area contributed by atoms with Crippen LogP contribution in [0.5, 0.6) is 0 Å². The number of esters is 1. The van der Waals surface area contributed by atoms with Crippen molar-refractivity contribution in [3.8, 4) is 0 Å². The quantitative estimate of drug-likeness (QED) is 0.663. The molecule has 1 aromatic heterocycles. The minimum Gasteiger partial charge on any atom is -0.461 e. The fourth-order valence-electron chi connectivity index (χ4n) is 1.89. The minimum atomic E-state index is -4.04. The molecule has 0 unspecified atom stereocenters. The Bertz CT molecular complexity index is 994. The Balaban J connectivity index is 2.29. The van der Waals surface area contributed by atoms with Crippen molar-refractivity contribution in [2.45, 2.75) is 16.7 Å². The fraction of sp³-hybridized carbons (Fsp3) is 0.231. The zero-order valence-electron chi connectivity index (χ0n) is 13.3. The number of nitrogens with two attached hydrogens (primary N) is 1. The molecule has 0 aliphatic carbocycles. The summed E-state index contributed by atoms with van der Waals surface area (Å²) in [4.78, 5) is 15.2.